The molecule has 0 saturated carbocycles. The molecule has 0 atom stereocenters. The summed E-state index contributed by atoms with van der Waals surface area (Å²) < 4.78 is 27.9. The molecule has 0 unspecified atom stereocenters. The first kappa shape index (κ1) is 23.3. The molecular weight excluding hydrogens is 468 g/mol. The van der Waals surface area contributed by atoms with Crippen molar-refractivity contribution in [3.8, 4) is 0 Å². The molecular formula is C25H30N4O3S2. The van der Waals surface area contributed by atoms with Gasteiger partial charge >= 0.3 is 0 Å². The third-order valence-electron chi connectivity index (χ3n) is 6.87. The van der Waals surface area contributed by atoms with Crippen LogP contribution in [0.3, 0.4) is 0 Å². The van der Waals surface area contributed by atoms with Crippen LogP contribution in [0, 0.1) is 0 Å². The third-order valence-corrected chi connectivity index (χ3v) is 9.88. The maximum absolute atomic E-state index is 13.7. The van der Waals surface area contributed by atoms with Crippen molar-refractivity contribution in [3.05, 3.63) is 53.0 Å². The van der Waals surface area contributed by atoms with Crippen LogP contribution in [0.5, 0.6) is 0 Å². The number of carbonyl (C=O) groups is 1. The molecule has 2 aliphatic heterocycles. The van der Waals surface area contributed by atoms with E-state index in [2.05, 4.69) is 11.0 Å². The molecule has 1 aromatic heterocycles. The Bertz CT molecular complexity index is 1270. The summed E-state index contributed by atoms with van der Waals surface area (Å²) in [6.45, 7) is 3.06. The Labute approximate surface area is 205 Å². The summed E-state index contributed by atoms with van der Waals surface area (Å²) in [7, 11) is -0.601. The van der Waals surface area contributed by atoms with Gasteiger partial charge in [0.25, 0.3) is 5.91 Å². The zero-order valence-electron chi connectivity index (χ0n) is 19.6. The van der Waals surface area contributed by atoms with Gasteiger partial charge in [0, 0.05) is 51.9 Å². The van der Waals surface area contributed by atoms with Crippen molar-refractivity contribution in [3.63, 3.8) is 0 Å². The van der Waals surface area contributed by atoms with Gasteiger partial charge in [-0.15, -0.1) is 11.3 Å². The Morgan fingerprint density at radius 3 is 2.41 bits per heavy atom. The predicted molar refractivity (Wildman–Crippen MR) is 136 cm³/mol. The monoisotopic (exact) mass is 498 g/mol. The first-order valence-electron chi connectivity index (χ1n) is 11.8. The second kappa shape index (κ2) is 9.28. The van der Waals surface area contributed by atoms with Crippen LogP contribution in [0.25, 0.3) is 10.2 Å². The number of aromatic nitrogens is 1. The van der Waals surface area contributed by atoms with E-state index in [0.717, 1.165) is 55.0 Å². The molecule has 2 aromatic carbocycles. The van der Waals surface area contributed by atoms with E-state index in [1.165, 1.54) is 23.1 Å². The van der Waals surface area contributed by atoms with Crippen molar-refractivity contribution < 1.29 is 13.2 Å². The number of hydrogen-bond acceptors (Lipinski definition) is 6. The molecule has 0 spiro atoms. The van der Waals surface area contributed by atoms with Crippen molar-refractivity contribution in [2.45, 2.75) is 36.5 Å². The fraction of sp³-hybridized carbons (Fsp3) is 0.440. The van der Waals surface area contributed by atoms with E-state index < -0.39 is 10.0 Å². The average molecular weight is 499 g/mol. The first-order valence-corrected chi connectivity index (χ1v) is 14.1. The fourth-order valence-corrected chi connectivity index (χ4v) is 6.92. The van der Waals surface area contributed by atoms with E-state index in [9.17, 15) is 13.2 Å². The molecule has 9 heteroatoms. The smallest absolute Gasteiger partial charge is 0.256 e. The van der Waals surface area contributed by atoms with Crippen molar-refractivity contribution in [1.29, 1.82) is 0 Å². The lowest BCUT2D eigenvalue weighted by Crippen LogP contribution is -2.39. The van der Waals surface area contributed by atoms with Gasteiger partial charge in [0.05, 0.1) is 25.7 Å². The Morgan fingerprint density at radius 2 is 1.74 bits per heavy atom. The van der Waals surface area contributed by atoms with Gasteiger partial charge in [-0.2, -0.15) is 0 Å². The molecule has 2 fully saturated rings. The van der Waals surface area contributed by atoms with Gasteiger partial charge in [-0.1, -0.05) is 12.1 Å². The van der Waals surface area contributed by atoms with E-state index in [-0.39, 0.29) is 10.8 Å². The number of piperidine rings is 1. The largest absolute Gasteiger partial charge is 0.371 e. The van der Waals surface area contributed by atoms with Crippen LogP contribution in [0.4, 0.5) is 5.69 Å². The second-order valence-electron chi connectivity index (χ2n) is 9.25. The Hall–Kier alpha value is -2.49. The minimum absolute atomic E-state index is 0.0829. The number of hydrogen-bond donors (Lipinski definition) is 0. The first-order chi connectivity index (χ1) is 16.3. The Kier molecular flexibility index (Phi) is 6.35. The highest BCUT2D eigenvalue weighted by Crippen LogP contribution is 2.35. The highest BCUT2D eigenvalue weighted by atomic mass is 32.2. The molecule has 3 aromatic rings. The number of fused-ring (bicyclic) bond motifs is 1. The molecule has 1 amide bonds. The summed E-state index contributed by atoms with van der Waals surface area (Å²) in [6.07, 6.45) is 3.89. The summed E-state index contributed by atoms with van der Waals surface area (Å²) in [5, 5.41) is 1.14. The number of benzene rings is 2. The van der Waals surface area contributed by atoms with E-state index in [4.69, 9.17) is 4.98 Å². The zero-order chi connectivity index (χ0) is 23.9. The number of rotatable bonds is 5. The van der Waals surface area contributed by atoms with Gasteiger partial charge in [0.2, 0.25) is 10.0 Å². The standard InChI is InChI=1S/C25H30N4O3S2/c1-27(2)34(31,32)19-9-10-22(28-13-5-6-14-28)20(17-19)25(30)29-15-11-18(12-16-29)24-26-21-7-3-4-8-23(21)33-24/h3-4,7-10,17-18H,5-6,11-16H2,1-2H3. The SMILES string of the molecule is CN(C)S(=O)(=O)c1ccc(N2CCCC2)c(C(=O)N2CCC(c3nc4ccccc4s3)CC2)c1. The van der Waals surface area contributed by atoms with Crippen molar-refractivity contribution in [2.75, 3.05) is 45.2 Å². The zero-order valence-corrected chi connectivity index (χ0v) is 21.2. The molecule has 2 saturated heterocycles. The topological polar surface area (TPSA) is 73.8 Å². The minimum atomic E-state index is -3.62. The van der Waals surface area contributed by atoms with Gasteiger partial charge in [0.15, 0.2) is 0 Å². The summed E-state index contributed by atoms with van der Waals surface area (Å²) in [4.78, 5) is 22.8. The van der Waals surface area contributed by atoms with Crippen LogP contribution in [-0.4, -0.2) is 68.8 Å². The highest BCUT2D eigenvalue weighted by molar-refractivity contribution is 7.89. The van der Waals surface area contributed by atoms with E-state index in [1.54, 1.807) is 23.5 Å². The van der Waals surface area contributed by atoms with Gasteiger partial charge in [0.1, 0.15) is 0 Å². The summed E-state index contributed by atoms with van der Waals surface area (Å²) in [6, 6.07) is 13.2. The maximum Gasteiger partial charge on any atom is 0.256 e. The summed E-state index contributed by atoms with van der Waals surface area (Å²) in [5.74, 6) is 0.264. The van der Waals surface area contributed by atoms with Crippen LogP contribution in [0.1, 0.15) is 47.0 Å². The molecule has 0 bridgehead atoms. The number of amides is 1. The molecule has 0 aliphatic carbocycles. The molecule has 180 valence electrons. The highest BCUT2D eigenvalue weighted by Gasteiger charge is 2.30. The molecule has 0 radical (unpaired) electrons. The Morgan fingerprint density at radius 1 is 1.03 bits per heavy atom. The van der Waals surface area contributed by atoms with E-state index in [1.807, 2.05) is 29.2 Å². The number of sulfonamides is 1. The van der Waals surface area contributed by atoms with Gasteiger partial charge in [-0.25, -0.2) is 17.7 Å². The maximum atomic E-state index is 13.7. The summed E-state index contributed by atoms with van der Waals surface area (Å²) in [5.41, 5.74) is 2.37. The van der Waals surface area contributed by atoms with Crippen LogP contribution in [-0.2, 0) is 10.0 Å². The van der Waals surface area contributed by atoms with Crippen molar-refractivity contribution in [2.24, 2.45) is 0 Å². The van der Waals surface area contributed by atoms with Gasteiger partial charge in [-0.3, -0.25) is 4.79 Å². The number of nitrogens with zero attached hydrogens (tertiary/aromatic N) is 4. The van der Waals surface area contributed by atoms with Gasteiger partial charge < -0.3 is 9.80 Å². The molecule has 34 heavy (non-hydrogen) atoms. The summed E-state index contributed by atoms with van der Waals surface area (Å²) >= 11 is 1.74. The van der Waals surface area contributed by atoms with E-state index >= 15 is 0 Å². The number of likely N-dealkylation sites (tertiary alicyclic amines) is 1. The number of para-hydroxylation sites is 1. The average Bonchev–Trinajstić information content (AvgIpc) is 3.53. The van der Waals surface area contributed by atoms with Crippen molar-refractivity contribution >= 4 is 43.2 Å². The fourth-order valence-electron chi connectivity index (χ4n) is 4.86. The lowest BCUT2D eigenvalue weighted by atomic mass is 9.96. The van der Waals surface area contributed by atoms with Crippen LogP contribution >= 0.6 is 11.3 Å². The van der Waals surface area contributed by atoms with Gasteiger partial charge in [-0.05, 0) is 56.0 Å². The molecule has 7 nitrogen and oxygen atoms in total. The number of carbonyl (C=O) groups excluding carboxylic acids is 1. The predicted octanol–water partition coefficient (Wildman–Crippen LogP) is 4.17. The second-order valence-corrected chi connectivity index (χ2v) is 12.5. The quantitative estimate of drug-likeness (QED) is 0.528. The van der Waals surface area contributed by atoms with E-state index in [0.29, 0.717) is 24.6 Å². The third kappa shape index (κ3) is 4.32. The molecule has 3 heterocycles. The van der Waals surface area contributed by atoms with Crippen molar-refractivity contribution in [1.82, 2.24) is 14.2 Å². The normalized spacial score (nSPS) is 17.7. The van der Waals surface area contributed by atoms with Crippen LogP contribution in [0.2, 0.25) is 0 Å². The van der Waals surface area contributed by atoms with Crippen LogP contribution < -0.4 is 4.90 Å². The molecule has 2 aliphatic rings. The molecule has 5 rings (SSSR count). The number of anilines is 1. The lowest BCUT2D eigenvalue weighted by molar-refractivity contribution is 0.0713. The Balaban J connectivity index is 1.39. The number of thiazole rings is 1. The molecule has 0 N–H and O–H groups in total. The minimum Gasteiger partial charge on any atom is -0.371 e. The lowest BCUT2D eigenvalue weighted by Gasteiger charge is -2.32. The van der Waals surface area contributed by atoms with Crippen LogP contribution in [0.15, 0.2) is 47.4 Å².